The Kier molecular flexibility index (Phi) is 12.0. The van der Waals surface area contributed by atoms with Crippen LogP contribution in [0.3, 0.4) is 0 Å². The summed E-state index contributed by atoms with van der Waals surface area (Å²) in [5.41, 5.74) is 18.2. The molecule has 2 rings (SSSR count). The number of aldehydes is 1. The molecule has 11 nitrogen and oxygen atoms in total. The molecule has 0 spiro atoms. The summed E-state index contributed by atoms with van der Waals surface area (Å²) < 4.78 is 16.0. The van der Waals surface area contributed by atoms with Gasteiger partial charge in [-0.1, -0.05) is 30.3 Å². The third-order valence-corrected chi connectivity index (χ3v) is 5.95. The molecule has 0 aliphatic rings. The van der Waals surface area contributed by atoms with Gasteiger partial charge in [-0.2, -0.15) is 0 Å². The molecular formula is C27H37N5O6. The van der Waals surface area contributed by atoms with Gasteiger partial charge in [0.1, 0.15) is 6.29 Å². The number of aryl methyl sites for hydroxylation is 1. The molecule has 38 heavy (non-hydrogen) atoms. The molecule has 0 radical (unpaired) electrons. The van der Waals surface area contributed by atoms with Crippen molar-refractivity contribution in [1.29, 1.82) is 0 Å². The molecule has 11 heteroatoms. The molecule has 6 N–H and O–H groups in total. The third-order valence-electron chi connectivity index (χ3n) is 5.95. The number of guanidine groups is 1. The lowest BCUT2D eigenvalue weighted by Gasteiger charge is -2.29. The summed E-state index contributed by atoms with van der Waals surface area (Å²) in [6, 6.07) is 10.6. The maximum atomic E-state index is 13.7. The van der Waals surface area contributed by atoms with Crippen molar-refractivity contribution in [3.63, 3.8) is 0 Å². The highest BCUT2D eigenvalue weighted by molar-refractivity contribution is 6.08. The Bertz CT molecular complexity index is 1080. The van der Waals surface area contributed by atoms with Crippen LogP contribution in [-0.2, 0) is 16.0 Å². The molecule has 0 saturated carbocycles. The summed E-state index contributed by atoms with van der Waals surface area (Å²) in [6.07, 6.45) is 2.74. The van der Waals surface area contributed by atoms with Gasteiger partial charge in [-0.05, 0) is 49.8 Å². The van der Waals surface area contributed by atoms with Gasteiger partial charge in [0.15, 0.2) is 17.5 Å². The van der Waals surface area contributed by atoms with E-state index < -0.39 is 23.9 Å². The van der Waals surface area contributed by atoms with Crippen LogP contribution in [0, 0.1) is 0 Å². The van der Waals surface area contributed by atoms with Gasteiger partial charge in [0.05, 0.1) is 33.4 Å². The molecule has 0 aliphatic heterocycles. The first kappa shape index (κ1) is 30.1. The summed E-state index contributed by atoms with van der Waals surface area (Å²) in [5, 5.41) is 0. The Morgan fingerprint density at radius 1 is 0.974 bits per heavy atom. The third kappa shape index (κ3) is 8.20. The zero-order valence-electron chi connectivity index (χ0n) is 22.1. The number of imide groups is 1. The van der Waals surface area contributed by atoms with E-state index >= 15 is 0 Å². The summed E-state index contributed by atoms with van der Waals surface area (Å²) in [7, 11) is 4.26. The number of carbonyl (C=O) groups is 3. The predicted octanol–water partition coefficient (Wildman–Crippen LogP) is 1.65. The molecule has 0 bridgehead atoms. The maximum absolute atomic E-state index is 13.7. The van der Waals surface area contributed by atoms with Crippen molar-refractivity contribution in [1.82, 2.24) is 4.90 Å². The van der Waals surface area contributed by atoms with Crippen LogP contribution < -0.4 is 31.4 Å². The predicted molar refractivity (Wildman–Crippen MR) is 144 cm³/mol. The second-order valence-electron chi connectivity index (χ2n) is 8.56. The Morgan fingerprint density at radius 3 is 2.13 bits per heavy atom. The minimum atomic E-state index is -1.08. The Hall–Kier alpha value is -4.12. The van der Waals surface area contributed by atoms with Crippen LogP contribution in [0.15, 0.2) is 47.5 Å². The molecule has 0 aliphatic carbocycles. The van der Waals surface area contributed by atoms with E-state index in [9.17, 15) is 14.4 Å². The van der Waals surface area contributed by atoms with E-state index in [-0.39, 0.29) is 41.7 Å². The van der Waals surface area contributed by atoms with Crippen LogP contribution in [0.4, 0.5) is 0 Å². The zero-order chi connectivity index (χ0) is 28.1. The largest absolute Gasteiger partial charge is 0.493 e. The van der Waals surface area contributed by atoms with Crippen molar-refractivity contribution in [3.05, 3.63) is 53.6 Å². The van der Waals surface area contributed by atoms with Crippen LogP contribution >= 0.6 is 0 Å². The van der Waals surface area contributed by atoms with Crippen molar-refractivity contribution in [2.75, 3.05) is 27.9 Å². The first-order valence-electron chi connectivity index (χ1n) is 12.2. The minimum absolute atomic E-state index is 0.0698. The standard InChI is InChI=1S/C27H37N5O6/c1-36-22-15-19(16-23(37-2)24(22)38-3)25(34)32(20(17-33)12-8-14-31-27(29)30)26(35)21(28)13-7-11-18-9-5-4-6-10-18/h4-6,9-10,15-17,20-21H,7-8,11-14,28H2,1-3H3,(H4,29,30,31)/t20-,21+/m0/s1. The number of benzene rings is 2. The normalized spacial score (nSPS) is 12.1. The number of nitrogens with two attached hydrogens (primary N) is 3. The van der Waals surface area contributed by atoms with Crippen LogP contribution in [0.25, 0.3) is 0 Å². The van der Waals surface area contributed by atoms with E-state index in [1.54, 1.807) is 0 Å². The monoisotopic (exact) mass is 527 g/mol. The first-order chi connectivity index (χ1) is 18.3. The molecular weight excluding hydrogens is 490 g/mol. The molecule has 0 saturated heterocycles. The molecule has 0 aromatic heterocycles. The lowest BCUT2D eigenvalue weighted by molar-refractivity contribution is -0.134. The highest BCUT2D eigenvalue weighted by Crippen LogP contribution is 2.38. The van der Waals surface area contributed by atoms with Gasteiger partial charge in [-0.15, -0.1) is 0 Å². The number of carbonyl (C=O) groups excluding carboxylic acids is 3. The maximum Gasteiger partial charge on any atom is 0.261 e. The van der Waals surface area contributed by atoms with E-state index in [1.165, 1.54) is 33.5 Å². The van der Waals surface area contributed by atoms with Gasteiger partial charge in [0.25, 0.3) is 5.91 Å². The van der Waals surface area contributed by atoms with Gasteiger partial charge in [0.2, 0.25) is 11.7 Å². The number of amides is 2. The van der Waals surface area contributed by atoms with Crippen LogP contribution in [0.5, 0.6) is 17.2 Å². The average molecular weight is 528 g/mol. The molecule has 2 aromatic rings. The van der Waals surface area contributed by atoms with Crippen LogP contribution in [0.2, 0.25) is 0 Å². The van der Waals surface area contributed by atoms with E-state index in [2.05, 4.69) is 4.99 Å². The molecule has 2 aromatic carbocycles. The highest BCUT2D eigenvalue weighted by atomic mass is 16.5. The van der Waals surface area contributed by atoms with Crippen molar-refractivity contribution in [2.24, 2.45) is 22.2 Å². The van der Waals surface area contributed by atoms with Crippen molar-refractivity contribution >= 4 is 24.1 Å². The quantitative estimate of drug-likeness (QED) is 0.135. The topological polar surface area (TPSA) is 173 Å². The molecule has 0 fully saturated rings. The minimum Gasteiger partial charge on any atom is -0.493 e. The number of hydrogen-bond donors (Lipinski definition) is 3. The lowest BCUT2D eigenvalue weighted by atomic mass is 10.0. The Morgan fingerprint density at radius 2 is 1.61 bits per heavy atom. The van der Waals surface area contributed by atoms with Gasteiger partial charge < -0.3 is 36.2 Å². The summed E-state index contributed by atoms with van der Waals surface area (Å²) in [4.78, 5) is 44.2. The smallest absolute Gasteiger partial charge is 0.261 e. The van der Waals surface area contributed by atoms with E-state index in [4.69, 9.17) is 31.4 Å². The fraction of sp³-hybridized carbons (Fsp3) is 0.407. The number of methoxy groups -OCH3 is 3. The Labute approximate surface area is 222 Å². The summed E-state index contributed by atoms with van der Waals surface area (Å²) >= 11 is 0. The van der Waals surface area contributed by atoms with Crippen molar-refractivity contribution in [3.8, 4) is 17.2 Å². The fourth-order valence-electron chi connectivity index (χ4n) is 4.00. The first-order valence-corrected chi connectivity index (χ1v) is 12.2. The van der Waals surface area contributed by atoms with Gasteiger partial charge in [-0.25, -0.2) is 0 Å². The summed E-state index contributed by atoms with van der Waals surface area (Å²) in [6.45, 7) is 0.232. The molecule has 2 amide bonds. The lowest BCUT2D eigenvalue weighted by Crippen LogP contribution is -2.52. The fourth-order valence-corrected chi connectivity index (χ4v) is 4.00. The van der Waals surface area contributed by atoms with Gasteiger partial charge in [0, 0.05) is 12.1 Å². The van der Waals surface area contributed by atoms with Crippen molar-refractivity contribution in [2.45, 2.75) is 44.2 Å². The number of hydrogen-bond acceptors (Lipinski definition) is 8. The average Bonchev–Trinajstić information content (AvgIpc) is 2.93. The van der Waals surface area contributed by atoms with Crippen LogP contribution in [-0.4, -0.2) is 68.9 Å². The van der Waals surface area contributed by atoms with E-state index in [1.807, 2.05) is 30.3 Å². The van der Waals surface area contributed by atoms with E-state index in [0.29, 0.717) is 25.5 Å². The SMILES string of the molecule is COc1cc(C(=O)N(C(=O)[C@H](N)CCCc2ccccc2)[C@H](C=O)CCCN=C(N)N)cc(OC)c1OC. The second kappa shape index (κ2) is 15.2. The number of aliphatic imine (C=N–C) groups is 1. The van der Waals surface area contributed by atoms with Crippen molar-refractivity contribution < 1.29 is 28.6 Å². The number of nitrogens with zero attached hydrogens (tertiary/aromatic N) is 2. The van der Waals surface area contributed by atoms with Gasteiger partial charge in [-0.3, -0.25) is 19.5 Å². The Balaban J connectivity index is 2.34. The van der Waals surface area contributed by atoms with Gasteiger partial charge >= 0.3 is 0 Å². The molecule has 0 heterocycles. The van der Waals surface area contributed by atoms with E-state index in [0.717, 1.165) is 16.9 Å². The molecule has 206 valence electrons. The highest BCUT2D eigenvalue weighted by Gasteiger charge is 2.34. The number of ether oxygens (including phenoxy) is 3. The molecule has 2 atom stereocenters. The summed E-state index contributed by atoms with van der Waals surface area (Å²) in [5.74, 6) is -0.724. The van der Waals surface area contributed by atoms with Crippen LogP contribution in [0.1, 0.15) is 41.6 Å². The zero-order valence-corrected chi connectivity index (χ0v) is 22.1. The second-order valence-corrected chi connectivity index (χ2v) is 8.56. The number of rotatable bonds is 15. The molecule has 0 unspecified atom stereocenters.